The van der Waals surface area contributed by atoms with Gasteiger partial charge in [0.1, 0.15) is 0 Å². The molecule has 27 heavy (non-hydrogen) atoms. The number of carbonyl (C=O) groups excluding carboxylic acids is 1. The molecule has 0 radical (unpaired) electrons. The number of nitrogens with zero attached hydrogens (tertiary/aromatic N) is 3. The second kappa shape index (κ2) is 7.32. The second-order valence-corrected chi connectivity index (χ2v) is 6.94. The van der Waals surface area contributed by atoms with E-state index in [0.29, 0.717) is 12.2 Å². The predicted octanol–water partition coefficient (Wildman–Crippen LogP) is 2.50. The van der Waals surface area contributed by atoms with Crippen LogP contribution in [0.5, 0.6) is 0 Å². The molecule has 1 aromatic heterocycles. The highest BCUT2D eigenvalue weighted by molar-refractivity contribution is 5.93. The zero-order valence-corrected chi connectivity index (χ0v) is 15.6. The fourth-order valence-corrected chi connectivity index (χ4v) is 3.52. The minimum Gasteiger partial charge on any atom is -0.349 e. The first-order valence-corrected chi connectivity index (χ1v) is 9.22. The van der Waals surface area contributed by atoms with Crippen molar-refractivity contribution in [1.29, 1.82) is 0 Å². The number of amides is 1. The number of hydrogen-bond donors (Lipinski definition) is 2. The molecular formula is C21H23N5O. The molecule has 0 saturated carbocycles. The van der Waals surface area contributed by atoms with Gasteiger partial charge in [0.25, 0.3) is 5.91 Å². The van der Waals surface area contributed by atoms with Crippen molar-refractivity contribution < 1.29 is 4.79 Å². The molecule has 0 bridgehead atoms. The van der Waals surface area contributed by atoms with E-state index in [-0.39, 0.29) is 11.9 Å². The number of benzene rings is 2. The summed E-state index contributed by atoms with van der Waals surface area (Å²) in [5.74, 6) is -0.198. The molecule has 0 saturated heterocycles. The SMILES string of the molecule is Cc1ccc(-n2nnc(C(=O)NCC3NCCc4ccccc43)c2C)cc1. The van der Waals surface area contributed by atoms with Gasteiger partial charge in [-0.2, -0.15) is 0 Å². The Hall–Kier alpha value is -2.99. The summed E-state index contributed by atoms with van der Waals surface area (Å²) in [5, 5.41) is 14.7. The largest absolute Gasteiger partial charge is 0.349 e. The number of rotatable bonds is 4. The fraction of sp³-hybridized carbons (Fsp3) is 0.286. The van der Waals surface area contributed by atoms with Gasteiger partial charge in [-0.1, -0.05) is 47.2 Å². The average Bonchev–Trinajstić information content (AvgIpc) is 3.08. The Morgan fingerprint density at radius 3 is 2.78 bits per heavy atom. The van der Waals surface area contributed by atoms with E-state index in [2.05, 4.69) is 39.1 Å². The molecule has 0 aliphatic carbocycles. The second-order valence-electron chi connectivity index (χ2n) is 6.94. The maximum Gasteiger partial charge on any atom is 0.273 e. The Morgan fingerprint density at radius 1 is 1.19 bits per heavy atom. The zero-order valence-electron chi connectivity index (χ0n) is 15.6. The van der Waals surface area contributed by atoms with E-state index in [9.17, 15) is 4.79 Å². The average molecular weight is 361 g/mol. The monoisotopic (exact) mass is 361 g/mol. The number of hydrogen-bond acceptors (Lipinski definition) is 4. The molecule has 138 valence electrons. The topological polar surface area (TPSA) is 71.8 Å². The number of aryl methyl sites for hydroxylation is 1. The van der Waals surface area contributed by atoms with Crippen molar-refractivity contribution >= 4 is 5.91 Å². The Kier molecular flexibility index (Phi) is 4.73. The van der Waals surface area contributed by atoms with E-state index >= 15 is 0 Å². The van der Waals surface area contributed by atoms with Gasteiger partial charge in [0.2, 0.25) is 0 Å². The molecule has 1 aliphatic heterocycles. The van der Waals surface area contributed by atoms with E-state index in [0.717, 1.165) is 24.3 Å². The maximum absolute atomic E-state index is 12.7. The van der Waals surface area contributed by atoms with Crippen molar-refractivity contribution in [3.05, 3.63) is 76.6 Å². The third kappa shape index (κ3) is 3.48. The summed E-state index contributed by atoms with van der Waals surface area (Å²) < 4.78 is 1.70. The smallest absolute Gasteiger partial charge is 0.273 e. The molecule has 1 aliphatic rings. The van der Waals surface area contributed by atoms with Crippen molar-refractivity contribution in [2.24, 2.45) is 0 Å². The highest BCUT2D eigenvalue weighted by atomic mass is 16.2. The van der Waals surface area contributed by atoms with Crippen LogP contribution in [0.1, 0.15) is 38.9 Å². The van der Waals surface area contributed by atoms with Crippen molar-refractivity contribution in [3.63, 3.8) is 0 Å². The molecule has 6 nitrogen and oxygen atoms in total. The van der Waals surface area contributed by atoms with E-state index in [1.807, 2.05) is 44.2 Å². The van der Waals surface area contributed by atoms with Gasteiger partial charge < -0.3 is 10.6 Å². The van der Waals surface area contributed by atoms with Crippen LogP contribution in [0, 0.1) is 13.8 Å². The van der Waals surface area contributed by atoms with Crippen LogP contribution >= 0.6 is 0 Å². The Morgan fingerprint density at radius 2 is 1.96 bits per heavy atom. The van der Waals surface area contributed by atoms with E-state index < -0.39 is 0 Å². The highest BCUT2D eigenvalue weighted by Crippen LogP contribution is 2.22. The molecule has 3 aromatic rings. The molecule has 1 unspecified atom stereocenters. The minimum atomic E-state index is -0.198. The van der Waals surface area contributed by atoms with Crippen LogP contribution < -0.4 is 10.6 Å². The van der Waals surface area contributed by atoms with Gasteiger partial charge in [-0.3, -0.25) is 4.79 Å². The number of aromatic nitrogens is 3. The van der Waals surface area contributed by atoms with E-state index in [1.54, 1.807) is 4.68 Å². The lowest BCUT2D eigenvalue weighted by atomic mass is 9.94. The molecule has 0 fully saturated rings. The molecule has 6 heteroatoms. The molecule has 0 spiro atoms. The van der Waals surface area contributed by atoms with Crippen LogP contribution in [0.2, 0.25) is 0 Å². The van der Waals surface area contributed by atoms with Crippen molar-refractivity contribution in [1.82, 2.24) is 25.6 Å². The summed E-state index contributed by atoms with van der Waals surface area (Å²) in [6.45, 7) is 5.34. The summed E-state index contributed by atoms with van der Waals surface area (Å²) in [6.07, 6.45) is 1.02. The summed E-state index contributed by atoms with van der Waals surface area (Å²) in [6, 6.07) is 16.5. The highest BCUT2D eigenvalue weighted by Gasteiger charge is 2.22. The lowest BCUT2D eigenvalue weighted by molar-refractivity contribution is 0.0943. The number of carbonyl (C=O) groups is 1. The first-order valence-electron chi connectivity index (χ1n) is 9.22. The summed E-state index contributed by atoms with van der Waals surface area (Å²) in [4.78, 5) is 12.7. The standard InChI is InChI=1S/C21H23N5O/c1-14-7-9-17(10-8-14)26-15(2)20(24-25-26)21(27)23-13-19-18-6-4-3-5-16(18)11-12-22-19/h3-10,19,22H,11-13H2,1-2H3,(H,23,27). The first kappa shape index (κ1) is 17.4. The predicted molar refractivity (Wildman–Crippen MR) is 104 cm³/mol. The van der Waals surface area contributed by atoms with Crippen LogP contribution in [-0.4, -0.2) is 34.0 Å². The fourth-order valence-electron chi connectivity index (χ4n) is 3.52. The van der Waals surface area contributed by atoms with Gasteiger partial charge in [-0.15, -0.1) is 5.10 Å². The number of fused-ring (bicyclic) bond motifs is 1. The lowest BCUT2D eigenvalue weighted by Crippen LogP contribution is -2.39. The summed E-state index contributed by atoms with van der Waals surface area (Å²) in [7, 11) is 0. The normalized spacial score (nSPS) is 16.0. The Balaban J connectivity index is 1.48. The number of nitrogens with one attached hydrogen (secondary N) is 2. The summed E-state index contributed by atoms with van der Waals surface area (Å²) in [5.41, 5.74) is 5.76. The van der Waals surface area contributed by atoms with Gasteiger partial charge in [-0.25, -0.2) is 4.68 Å². The summed E-state index contributed by atoms with van der Waals surface area (Å²) >= 11 is 0. The quantitative estimate of drug-likeness (QED) is 0.749. The van der Waals surface area contributed by atoms with E-state index in [1.165, 1.54) is 16.7 Å². The molecule has 1 amide bonds. The third-order valence-corrected chi connectivity index (χ3v) is 5.07. The van der Waals surface area contributed by atoms with E-state index in [4.69, 9.17) is 0 Å². The van der Waals surface area contributed by atoms with Gasteiger partial charge >= 0.3 is 0 Å². The van der Waals surface area contributed by atoms with Crippen LogP contribution in [0.15, 0.2) is 48.5 Å². The first-order chi connectivity index (χ1) is 13.1. The third-order valence-electron chi connectivity index (χ3n) is 5.07. The van der Waals surface area contributed by atoms with Crippen LogP contribution in [0.4, 0.5) is 0 Å². The van der Waals surface area contributed by atoms with Crippen LogP contribution in [0.3, 0.4) is 0 Å². The molecule has 4 rings (SSSR count). The van der Waals surface area contributed by atoms with Gasteiger partial charge in [0, 0.05) is 12.6 Å². The van der Waals surface area contributed by atoms with Gasteiger partial charge in [-0.05, 0) is 50.1 Å². The Labute approximate surface area is 158 Å². The van der Waals surface area contributed by atoms with Crippen molar-refractivity contribution in [2.45, 2.75) is 26.3 Å². The van der Waals surface area contributed by atoms with Crippen molar-refractivity contribution in [3.8, 4) is 5.69 Å². The maximum atomic E-state index is 12.7. The van der Waals surface area contributed by atoms with Crippen LogP contribution in [-0.2, 0) is 6.42 Å². The molecule has 2 N–H and O–H groups in total. The van der Waals surface area contributed by atoms with Gasteiger partial charge in [0.05, 0.1) is 11.4 Å². The zero-order chi connectivity index (χ0) is 18.8. The molecule has 2 aromatic carbocycles. The van der Waals surface area contributed by atoms with Gasteiger partial charge in [0.15, 0.2) is 5.69 Å². The van der Waals surface area contributed by atoms with Crippen molar-refractivity contribution in [2.75, 3.05) is 13.1 Å². The molecular weight excluding hydrogens is 338 g/mol. The molecule has 1 atom stereocenters. The Bertz CT molecular complexity index is 961. The minimum absolute atomic E-state index is 0.117. The van der Waals surface area contributed by atoms with Crippen LogP contribution in [0.25, 0.3) is 5.69 Å². The molecule has 2 heterocycles. The lowest BCUT2D eigenvalue weighted by Gasteiger charge is -2.27.